The Morgan fingerprint density at radius 1 is 1.09 bits per heavy atom. The lowest BCUT2D eigenvalue weighted by molar-refractivity contribution is 0.0774. The topological polar surface area (TPSA) is 60.2 Å². The molecule has 0 aliphatic carbocycles. The molecule has 0 N–H and O–H groups in total. The molecule has 0 saturated carbocycles. The highest BCUT2D eigenvalue weighted by Gasteiger charge is 2.17. The Labute approximate surface area is 198 Å². The maximum Gasteiger partial charge on any atom is 0.272 e. The largest absolute Gasteiger partial charge is 0.494 e. The van der Waals surface area contributed by atoms with E-state index in [1.807, 2.05) is 49.4 Å². The van der Waals surface area contributed by atoms with E-state index >= 15 is 0 Å². The maximum absolute atomic E-state index is 12.8. The number of fused-ring (bicyclic) bond motifs is 1. The second-order valence-corrected chi connectivity index (χ2v) is 8.42. The molecule has 0 saturated heterocycles. The summed E-state index contributed by atoms with van der Waals surface area (Å²) in [5, 5.41) is 0.744. The highest BCUT2D eigenvalue weighted by atomic mass is 35.5. The highest BCUT2D eigenvalue weighted by Crippen LogP contribution is 2.22. The Bertz CT molecular complexity index is 1240. The van der Waals surface area contributed by atoms with E-state index < -0.39 is 0 Å². The van der Waals surface area contributed by atoms with Crippen molar-refractivity contribution in [2.75, 3.05) is 13.7 Å². The molecule has 1 amide bonds. The minimum Gasteiger partial charge on any atom is -0.494 e. The van der Waals surface area contributed by atoms with Crippen LogP contribution in [0.15, 0.2) is 66.9 Å². The third-order valence-electron chi connectivity index (χ3n) is 5.52. The first kappa shape index (κ1) is 22.8. The zero-order chi connectivity index (χ0) is 23.2. The number of imidazole rings is 1. The average molecular weight is 463 g/mol. The van der Waals surface area contributed by atoms with Crippen molar-refractivity contribution in [3.63, 3.8) is 0 Å². The van der Waals surface area contributed by atoms with Crippen molar-refractivity contribution in [1.82, 2.24) is 19.4 Å². The van der Waals surface area contributed by atoms with Crippen molar-refractivity contribution < 1.29 is 9.53 Å². The van der Waals surface area contributed by atoms with Gasteiger partial charge in [-0.15, -0.1) is 0 Å². The van der Waals surface area contributed by atoms with Gasteiger partial charge in [0.2, 0.25) is 0 Å². The Hall–Kier alpha value is -3.38. The van der Waals surface area contributed by atoms with E-state index in [0.717, 1.165) is 52.6 Å². The lowest BCUT2D eigenvalue weighted by Gasteiger charge is -2.17. The number of rotatable bonds is 9. The number of hydrogen-bond acceptors (Lipinski definition) is 4. The molecule has 0 radical (unpaired) electrons. The number of benzene rings is 2. The summed E-state index contributed by atoms with van der Waals surface area (Å²) in [5.74, 6) is 1.57. The van der Waals surface area contributed by atoms with Gasteiger partial charge < -0.3 is 14.2 Å². The summed E-state index contributed by atoms with van der Waals surface area (Å²) in [5.41, 5.74) is 3.44. The minimum absolute atomic E-state index is 0.124. The summed E-state index contributed by atoms with van der Waals surface area (Å²) in [6.07, 6.45) is 3.46. The quantitative estimate of drug-likeness (QED) is 0.307. The van der Waals surface area contributed by atoms with Gasteiger partial charge in [0.15, 0.2) is 0 Å². The molecule has 33 heavy (non-hydrogen) atoms. The first-order chi connectivity index (χ1) is 16.0. The van der Waals surface area contributed by atoms with E-state index in [4.69, 9.17) is 21.3 Å². The number of carbonyl (C=O) groups excluding carboxylic acids is 1. The summed E-state index contributed by atoms with van der Waals surface area (Å²) in [4.78, 5) is 23.4. The Kier molecular flexibility index (Phi) is 7.25. The molecule has 0 spiro atoms. The zero-order valence-electron chi connectivity index (χ0n) is 18.9. The molecule has 7 heteroatoms. The van der Waals surface area contributed by atoms with Gasteiger partial charge in [-0.2, -0.15) is 0 Å². The molecule has 0 fully saturated rings. The fraction of sp³-hybridized carbons (Fsp3) is 0.269. The standard InChI is InChI=1S/C26H27ClN4O2/c1-19-17-20(12-13-21(19)27)33-16-8-7-15-31-24-11-4-3-9-22(24)29-25(31)18-30(2)26(32)23-10-5-6-14-28-23/h3-6,9-14,17H,7-8,15-16,18H2,1-2H3. The number of pyridine rings is 1. The van der Waals surface area contributed by atoms with Crippen LogP contribution in [0.4, 0.5) is 0 Å². The van der Waals surface area contributed by atoms with Crippen LogP contribution >= 0.6 is 11.6 Å². The van der Waals surface area contributed by atoms with Gasteiger partial charge in [-0.3, -0.25) is 9.78 Å². The summed E-state index contributed by atoms with van der Waals surface area (Å²) in [7, 11) is 1.78. The van der Waals surface area contributed by atoms with Crippen LogP contribution in [0.3, 0.4) is 0 Å². The molecular weight excluding hydrogens is 436 g/mol. The Balaban J connectivity index is 1.40. The van der Waals surface area contributed by atoms with Crippen molar-refractivity contribution >= 4 is 28.5 Å². The van der Waals surface area contributed by atoms with Crippen molar-refractivity contribution in [1.29, 1.82) is 0 Å². The third kappa shape index (κ3) is 5.52. The summed E-state index contributed by atoms with van der Waals surface area (Å²) in [6.45, 7) is 3.80. The van der Waals surface area contributed by atoms with Gasteiger partial charge in [0.1, 0.15) is 17.3 Å². The van der Waals surface area contributed by atoms with E-state index in [1.165, 1.54) is 0 Å². The van der Waals surface area contributed by atoms with E-state index in [-0.39, 0.29) is 5.91 Å². The average Bonchev–Trinajstić information content (AvgIpc) is 3.18. The van der Waals surface area contributed by atoms with Crippen LogP contribution in [-0.4, -0.2) is 39.0 Å². The molecule has 4 rings (SSSR count). The Morgan fingerprint density at radius 3 is 2.70 bits per heavy atom. The highest BCUT2D eigenvalue weighted by molar-refractivity contribution is 6.31. The van der Waals surface area contributed by atoms with Crippen LogP contribution in [0.25, 0.3) is 11.0 Å². The fourth-order valence-corrected chi connectivity index (χ4v) is 3.85. The smallest absolute Gasteiger partial charge is 0.272 e. The summed E-state index contributed by atoms with van der Waals surface area (Å²) < 4.78 is 8.08. The van der Waals surface area contributed by atoms with E-state index in [0.29, 0.717) is 18.8 Å². The molecule has 170 valence electrons. The monoisotopic (exact) mass is 462 g/mol. The van der Waals surface area contributed by atoms with Crippen LogP contribution in [-0.2, 0) is 13.1 Å². The van der Waals surface area contributed by atoms with Crippen LogP contribution < -0.4 is 4.74 Å². The normalized spacial score (nSPS) is 11.0. The molecule has 0 aliphatic heterocycles. The number of unbranched alkanes of at least 4 members (excludes halogenated alkanes) is 1. The van der Waals surface area contributed by atoms with Crippen molar-refractivity contribution in [2.45, 2.75) is 32.9 Å². The van der Waals surface area contributed by atoms with Crippen LogP contribution in [0, 0.1) is 6.92 Å². The molecule has 0 aliphatic rings. The number of nitrogens with zero attached hydrogens (tertiary/aromatic N) is 4. The Morgan fingerprint density at radius 2 is 1.91 bits per heavy atom. The van der Waals surface area contributed by atoms with Gasteiger partial charge in [-0.25, -0.2) is 4.98 Å². The number of aromatic nitrogens is 3. The van der Waals surface area contributed by atoms with Crippen molar-refractivity contribution in [2.24, 2.45) is 0 Å². The molecule has 0 atom stereocenters. The second-order valence-electron chi connectivity index (χ2n) is 8.01. The van der Waals surface area contributed by atoms with Gasteiger partial charge in [0.25, 0.3) is 5.91 Å². The summed E-state index contributed by atoms with van der Waals surface area (Å²) >= 11 is 6.08. The molecule has 0 bridgehead atoms. The zero-order valence-corrected chi connectivity index (χ0v) is 19.6. The number of hydrogen-bond donors (Lipinski definition) is 0. The lowest BCUT2D eigenvalue weighted by Crippen LogP contribution is -2.28. The van der Waals surface area contributed by atoms with Gasteiger partial charge in [0.05, 0.1) is 24.2 Å². The summed E-state index contributed by atoms with van der Waals surface area (Å²) in [6, 6.07) is 19.1. The van der Waals surface area contributed by atoms with Gasteiger partial charge >= 0.3 is 0 Å². The minimum atomic E-state index is -0.124. The number of ether oxygens (including phenoxy) is 1. The third-order valence-corrected chi connectivity index (χ3v) is 5.94. The van der Waals surface area contributed by atoms with Gasteiger partial charge in [-0.05, 0) is 67.8 Å². The number of para-hydroxylation sites is 2. The molecule has 2 aromatic heterocycles. The molecule has 2 aromatic carbocycles. The van der Waals surface area contributed by atoms with E-state index in [2.05, 4.69) is 15.6 Å². The van der Waals surface area contributed by atoms with Crippen molar-refractivity contribution in [3.8, 4) is 5.75 Å². The van der Waals surface area contributed by atoms with Crippen molar-refractivity contribution in [3.05, 3.63) is 89.0 Å². The van der Waals surface area contributed by atoms with Gasteiger partial charge in [0, 0.05) is 24.8 Å². The van der Waals surface area contributed by atoms with Crippen LogP contribution in [0.1, 0.15) is 34.7 Å². The van der Waals surface area contributed by atoms with Crippen LogP contribution in [0.2, 0.25) is 5.02 Å². The molecule has 2 heterocycles. The first-order valence-electron chi connectivity index (χ1n) is 11.0. The SMILES string of the molecule is Cc1cc(OCCCCn2c(CN(C)C(=O)c3ccccn3)nc3ccccc32)ccc1Cl. The van der Waals surface area contributed by atoms with E-state index in [1.54, 1.807) is 30.3 Å². The number of amides is 1. The molecule has 0 unspecified atom stereocenters. The lowest BCUT2D eigenvalue weighted by atomic mass is 10.2. The fourth-order valence-electron chi connectivity index (χ4n) is 3.73. The van der Waals surface area contributed by atoms with Crippen LogP contribution in [0.5, 0.6) is 5.75 Å². The number of halogens is 1. The predicted octanol–water partition coefficient (Wildman–Crippen LogP) is 5.52. The second kappa shape index (κ2) is 10.5. The number of aryl methyl sites for hydroxylation is 2. The molecular formula is C26H27ClN4O2. The number of carbonyl (C=O) groups is 1. The van der Waals surface area contributed by atoms with Gasteiger partial charge in [-0.1, -0.05) is 29.8 Å². The molecule has 4 aromatic rings. The predicted molar refractivity (Wildman–Crippen MR) is 131 cm³/mol. The molecule has 6 nitrogen and oxygen atoms in total. The first-order valence-corrected chi connectivity index (χ1v) is 11.4. The van der Waals surface area contributed by atoms with E-state index in [9.17, 15) is 4.79 Å². The maximum atomic E-state index is 12.8.